The van der Waals surface area contributed by atoms with E-state index >= 15 is 0 Å². The molecule has 1 amide bonds. The van der Waals surface area contributed by atoms with Gasteiger partial charge in [-0.15, -0.1) is 0 Å². The Morgan fingerprint density at radius 2 is 2.10 bits per heavy atom. The third-order valence-electron chi connectivity index (χ3n) is 1.52. The molecule has 1 atom stereocenters. The van der Waals surface area contributed by atoms with Crippen LogP contribution in [0.1, 0.15) is 20.3 Å². The molecule has 0 saturated heterocycles. The Labute approximate surface area is 60.6 Å². The monoisotopic (exact) mass is 143 g/mol. The van der Waals surface area contributed by atoms with E-state index < -0.39 is 0 Å². The van der Waals surface area contributed by atoms with Crippen molar-refractivity contribution in [3.63, 3.8) is 0 Å². The minimum atomic E-state index is -0.387. The summed E-state index contributed by atoms with van der Waals surface area (Å²) in [4.78, 5) is 20.6. The van der Waals surface area contributed by atoms with Crippen LogP contribution in [0.15, 0.2) is 0 Å². The van der Waals surface area contributed by atoms with Crippen molar-refractivity contribution in [3.05, 3.63) is 0 Å². The quantitative estimate of drug-likeness (QED) is 0.576. The minimum absolute atomic E-state index is 0.155. The van der Waals surface area contributed by atoms with Crippen molar-refractivity contribution < 1.29 is 9.59 Å². The van der Waals surface area contributed by atoms with Crippen molar-refractivity contribution in [2.24, 2.45) is 17.6 Å². The van der Waals surface area contributed by atoms with Gasteiger partial charge < -0.3 is 10.5 Å². The molecular weight excluding hydrogens is 130 g/mol. The molecule has 0 heterocycles. The summed E-state index contributed by atoms with van der Waals surface area (Å²) in [6.45, 7) is 3.75. The molecule has 0 bridgehead atoms. The number of aldehydes is 1. The molecule has 0 aromatic carbocycles. The van der Waals surface area contributed by atoms with Crippen LogP contribution in [0.25, 0.3) is 0 Å². The van der Waals surface area contributed by atoms with Gasteiger partial charge in [0.2, 0.25) is 5.91 Å². The number of rotatable bonds is 4. The van der Waals surface area contributed by atoms with Crippen LogP contribution in [0.2, 0.25) is 0 Å². The lowest BCUT2D eigenvalue weighted by Gasteiger charge is -2.12. The largest absolute Gasteiger partial charge is 0.369 e. The van der Waals surface area contributed by atoms with Gasteiger partial charge in [-0.2, -0.15) is 0 Å². The predicted molar refractivity (Wildman–Crippen MR) is 38.2 cm³/mol. The average Bonchev–Trinajstić information content (AvgIpc) is 1.81. The molecule has 0 aliphatic heterocycles. The highest BCUT2D eigenvalue weighted by Crippen LogP contribution is 2.12. The number of amides is 1. The number of carbonyl (C=O) groups excluding carboxylic acids is 2. The van der Waals surface area contributed by atoms with Gasteiger partial charge in [-0.1, -0.05) is 13.8 Å². The van der Waals surface area contributed by atoms with E-state index in [4.69, 9.17) is 5.73 Å². The van der Waals surface area contributed by atoms with Crippen molar-refractivity contribution in [2.45, 2.75) is 20.3 Å². The van der Waals surface area contributed by atoms with Crippen LogP contribution >= 0.6 is 0 Å². The Balaban J connectivity index is 3.97. The first kappa shape index (κ1) is 9.14. The molecule has 0 saturated carbocycles. The summed E-state index contributed by atoms with van der Waals surface area (Å²) in [5.74, 6) is -0.526. The maximum absolute atomic E-state index is 10.6. The maximum atomic E-state index is 10.6. The molecule has 3 heteroatoms. The SMILES string of the molecule is CC(C)C(CC=O)C(N)=O. The van der Waals surface area contributed by atoms with E-state index in [0.717, 1.165) is 6.29 Å². The zero-order valence-electron chi connectivity index (χ0n) is 6.33. The summed E-state index contributed by atoms with van der Waals surface area (Å²) >= 11 is 0. The van der Waals surface area contributed by atoms with Crippen LogP contribution in [0.5, 0.6) is 0 Å². The summed E-state index contributed by atoms with van der Waals surface area (Å²) < 4.78 is 0. The van der Waals surface area contributed by atoms with Gasteiger partial charge in [0.05, 0.1) is 0 Å². The van der Waals surface area contributed by atoms with Crippen molar-refractivity contribution >= 4 is 12.2 Å². The summed E-state index contributed by atoms with van der Waals surface area (Å²) in [7, 11) is 0. The summed E-state index contributed by atoms with van der Waals surface area (Å²) in [6, 6.07) is 0. The van der Waals surface area contributed by atoms with Gasteiger partial charge in [0.1, 0.15) is 6.29 Å². The van der Waals surface area contributed by atoms with Gasteiger partial charge in [-0.05, 0) is 5.92 Å². The highest BCUT2D eigenvalue weighted by molar-refractivity contribution is 5.79. The smallest absolute Gasteiger partial charge is 0.221 e. The third-order valence-corrected chi connectivity index (χ3v) is 1.52. The summed E-state index contributed by atoms with van der Waals surface area (Å²) in [5.41, 5.74) is 5.03. The molecule has 0 radical (unpaired) electrons. The van der Waals surface area contributed by atoms with Crippen molar-refractivity contribution in [1.29, 1.82) is 0 Å². The molecule has 58 valence electrons. The number of primary amides is 1. The fourth-order valence-corrected chi connectivity index (χ4v) is 0.821. The molecule has 0 aliphatic carbocycles. The second kappa shape index (κ2) is 4.04. The van der Waals surface area contributed by atoms with E-state index in [-0.39, 0.29) is 24.2 Å². The van der Waals surface area contributed by atoms with Gasteiger partial charge >= 0.3 is 0 Å². The molecule has 3 nitrogen and oxygen atoms in total. The van der Waals surface area contributed by atoms with E-state index in [0.29, 0.717) is 0 Å². The normalized spacial score (nSPS) is 13.1. The van der Waals surface area contributed by atoms with Gasteiger partial charge in [0.25, 0.3) is 0 Å². The van der Waals surface area contributed by atoms with Gasteiger partial charge in [-0.3, -0.25) is 4.79 Å². The second-order valence-electron chi connectivity index (χ2n) is 2.66. The Hall–Kier alpha value is -0.860. The highest BCUT2D eigenvalue weighted by atomic mass is 16.1. The fraction of sp³-hybridized carbons (Fsp3) is 0.714. The van der Waals surface area contributed by atoms with E-state index in [1.54, 1.807) is 0 Å². The molecule has 2 N–H and O–H groups in total. The first-order chi connectivity index (χ1) is 4.59. The molecule has 0 fully saturated rings. The molecule has 0 rings (SSSR count). The van der Waals surface area contributed by atoms with Crippen LogP contribution in [0.4, 0.5) is 0 Å². The fourth-order valence-electron chi connectivity index (χ4n) is 0.821. The van der Waals surface area contributed by atoms with Crippen LogP contribution in [-0.4, -0.2) is 12.2 Å². The van der Waals surface area contributed by atoms with Crippen LogP contribution < -0.4 is 5.73 Å². The lowest BCUT2D eigenvalue weighted by molar-refractivity contribution is -0.125. The molecule has 0 aliphatic rings. The zero-order chi connectivity index (χ0) is 8.15. The molecule has 0 spiro atoms. The van der Waals surface area contributed by atoms with Crippen LogP contribution in [0.3, 0.4) is 0 Å². The van der Waals surface area contributed by atoms with Crippen LogP contribution in [0, 0.1) is 11.8 Å². The Morgan fingerprint density at radius 3 is 2.20 bits per heavy atom. The van der Waals surface area contributed by atoms with E-state index in [9.17, 15) is 9.59 Å². The average molecular weight is 143 g/mol. The molecule has 0 aromatic heterocycles. The lowest BCUT2D eigenvalue weighted by Crippen LogP contribution is -2.27. The predicted octanol–water partition coefficient (Wildman–Crippen LogP) is 0.333. The van der Waals surface area contributed by atoms with E-state index in [1.807, 2.05) is 13.8 Å². The van der Waals surface area contributed by atoms with Crippen molar-refractivity contribution in [3.8, 4) is 0 Å². The first-order valence-electron chi connectivity index (χ1n) is 3.32. The number of hydrogen-bond donors (Lipinski definition) is 1. The van der Waals surface area contributed by atoms with Crippen molar-refractivity contribution in [1.82, 2.24) is 0 Å². The maximum Gasteiger partial charge on any atom is 0.221 e. The first-order valence-corrected chi connectivity index (χ1v) is 3.32. The highest BCUT2D eigenvalue weighted by Gasteiger charge is 2.17. The van der Waals surface area contributed by atoms with Gasteiger partial charge in [0.15, 0.2) is 0 Å². The molecule has 1 unspecified atom stereocenters. The van der Waals surface area contributed by atoms with E-state index in [2.05, 4.69) is 0 Å². The number of nitrogens with two attached hydrogens (primary N) is 1. The number of hydrogen-bond acceptors (Lipinski definition) is 2. The topological polar surface area (TPSA) is 60.2 Å². The van der Waals surface area contributed by atoms with E-state index in [1.165, 1.54) is 0 Å². The second-order valence-corrected chi connectivity index (χ2v) is 2.66. The zero-order valence-corrected chi connectivity index (χ0v) is 6.33. The molecule has 0 aromatic rings. The Morgan fingerprint density at radius 1 is 1.60 bits per heavy atom. The van der Waals surface area contributed by atoms with Gasteiger partial charge in [0, 0.05) is 12.3 Å². The standard InChI is InChI=1S/C7H13NO2/c1-5(2)6(3-4-9)7(8)10/h4-6H,3H2,1-2H3,(H2,8,10). The van der Waals surface area contributed by atoms with Crippen molar-refractivity contribution in [2.75, 3.05) is 0 Å². The third kappa shape index (κ3) is 2.62. The Kier molecular flexibility index (Phi) is 3.69. The van der Waals surface area contributed by atoms with Crippen LogP contribution in [-0.2, 0) is 9.59 Å². The summed E-state index contributed by atoms with van der Waals surface area (Å²) in [5, 5.41) is 0. The molecular formula is C7H13NO2. The lowest BCUT2D eigenvalue weighted by atomic mass is 9.93. The number of carbonyl (C=O) groups is 2. The minimum Gasteiger partial charge on any atom is -0.369 e. The molecule has 10 heavy (non-hydrogen) atoms. The Bertz CT molecular complexity index is 132. The summed E-state index contributed by atoms with van der Waals surface area (Å²) in [6.07, 6.45) is 0.975. The van der Waals surface area contributed by atoms with Gasteiger partial charge in [-0.25, -0.2) is 0 Å².